The van der Waals surface area contributed by atoms with Crippen molar-refractivity contribution in [1.82, 2.24) is 4.73 Å². The molecule has 6 nitrogen and oxygen atoms in total. The fourth-order valence-electron chi connectivity index (χ4n) is 3.40. The lowest BCUT2D eigenvalue weighted by molar-refractivity contribution is -0.143. The Morgan fingerprint density at radius 2 is 1.00 bits per heavy atom. The lowest BCUT2D eigenvalue weighted by atomic mass is 10.1. The third kappa shape index (κ3) is 4.46. The SMILES string of the molecule is O=c1c2ccccc2c2ccccc2c(=O)n1OS(=O)(=O)c1cc(C(F)(F)F)cc(C(F)(F)F)c1. The van der Waals surface area contributed by atoms with Crippen molar-refractivity contribution in [3.63, 3.8) is 0 Å². The van der Waals surface area contributed by atoms with Gasteiger partial charge in [-0.15, -0.1) is 0 Å². The molecule has 0 aliphatic carbocycles. The highest BCUT2D eigenvalue weighted by atomic mass is 32.2. The Bertz CT molecular complexity index is 1600. The van der Waals surface area contributed by atoms with Crippen molar-refractivity contribution in [3.8, 4) is 0 Å². The van der Waals surface area contributed by atoms with Crippen molar-refractivity contribution < 1.29 is 39.0 Å². The van der Waals surface area contributed by atoms with Crippen molar-refractivity contribution >= 4 is 31.7 Å². The predicted octanol–water partition coefficient (Wildman–Crippen LogP) is 4.37. The molecule has 0 unspecified atom stereocenters. The first-order valence-electron chi connectivity index (χ1n) is 9.51. The average Bonchev–Trinajstić information content (AvgIpc) is 2.87. The van der Waals surface area contributed by atoms with Crippen molar-refractivity contribution in [3.05, 3.63) is 98.6 Å². The van der Waals surface area contributed by atoms with E-state index >= 15 is 0 Å². The highest BCUT2D eigenvalue weighted by Gasteiger charge is 2.39. The molecule has 0 amide bonds. The Labute approximate surface area is 191 Å². The first-order valence-corrected chi connectivity index (χ1v) is 10.9. The number of rotatable bonds is 3. The zero-order valence-corrected chi connectivity index (χ0v) is 17.8. The molecule has 3 aromatic carbocycles. The van der Waals surface area contributed by atoms with Crippen LogP contribution in [0.3, 0.4) is 0 Å². The van der Waals surface area contributed by atoms with Crippen LogP contribution in [0.1, 0.15) is 11.1 Å². The van der Waals surface area contributed by atoms with Crippen LogP contribution in [0.25, 0.3) is 21.5 Å². The molecule has 1 aromatic heterocycles. The summed E-state index contributed by atoms with van der Waals surface area (Å²) in [6, 6.07) is 10.9. The minimum atomic E-state index is -5.53. The molecule has 0 saturated carbocycles. The maximum Gasteiger partial charge on any atom is 0.416 e. The maximum absolute atomic E-state index is 13.2. The molecule has 182 valence electrons. The standard InChI is InChI=1S/C22H11F6NO5S/c23-21(24,25)12-9-13(22(26,27)28)11-14(10-12)35(32,33)34-29-19(30)17-7-3-1-5-15(17)16-6-2-4-8-18(16)20(29)31/h1-11H. The summed E-state index contributed by atoms with van der Waals surface area (Å²) in [5.41, 5.74) is -6.40. The lowest BCUT2D eigenvalue weighted by Crippen LogP contribution is -2.38. The van der Waals surface area contributed by atoms with Crippen LogP contribution in [0.2, 0.25) is 0 Å². The first-order chi connectivity index (χ1) is 16.2. The van der Waals surface area contributed by atoms with Crippen molar-refractivity contribution in [2.75, 3.05) is 0 Å². The number of nitrogens with zero attached hydrogens (tertiary/aromatic N) is 1. The molecule has 0 bridgehead atoms. The molecule has 4 rings (SSSR count). The Kier molecular flexibility index (Phi) is 5.63. The van der Waals surface area contributed by atoms with Crippen LogP contribution < -0.4 is 15.4 Å². The predicted molar refractivity (Wildman–Crippen MR) is 112 cm³/mol. The van der Waals surface area contributed by atoms with Gasteiger partial charge in [-0.3, -0.25) is 13.9 Å². The van der Waals surface area contributed by atoms with Crippen LogP contribution in [0.5, 0.6) is 0 Å². The molecule has 0 aliphatic rings. The summed E-state index contributed by atoms with van der Waals surface area (Å²) in [5, 5.41) is 0.119. The fourth-order valence-corrected chi connectivity index (χ4v) is 4.36. The first kappa shape index (κ1) is 24.3. The van der Waals surface area contributed by atoms with Crippen LogP contribution in [-0.2, 0) is 22.5 Å². The van der Waals surface area contributed by atoms with E-state index in [1.165, 1.54) is 36.4 Å². The zero-order chi connectivity index (χ0) is 25.8. The van der Waals surface area contributed by atoms with E-state index in [-0.39, 0.29) is 44.5 Å². The topological polar surface area (TPSA) is 82.4 Å². The van der Waals surface area contributed by atoms with Gasteiger partial charge in [-0.05, 0) is 41.1 Å². The smallest absolute Gasteiger partial charge is 0.277 e. The zero-order valence-electron chi connectivity index (χ0n) is 17.0. The third-order valence-electron chi connectivity index (χ3n) is 5.00. The summed E-state index contributed by atoms with van der Waals surface area (Å²) in [7, 11) is -5.53. The summed E-state index contributed by atoms with van der Waals surface area (Å²) in [6.45, 7) is 0. The second-order valence-corrected chi connectivity index (χ2v) is 8.79. The van der Waals surface area contributed by atoms with Gasteiger partial charge >= 0.3 is 22.5 Å². The molecule has 0 spiro atoms. The van der Waals surface area contributed by atoms with Crippen LogP contribution in [0, 0.1) is 0 Å². The summed E-state index contributed by atoms with van der Waals surface area (Å²) < 4.78 is 109. The number of alkyl halides is 6. The number of hydrogen-bond donors (Lipinski definition) is 0. The highest BCUT2D eigenvalue weighted by Crippen LogP contribution is 2.37. The molecule has 0 atom stereocenters. The van der Waals surface area contributed by atoms with E-state index in [0.29, 0.717) is 0 Å². The molecular weight excluding hydrogens is 504 g/mol. The monoisotopic (exact) mass is 515 g/mol. The number of halogens is 6. The average molecular weight is 515 g/mol. The van der Waals surface area contributed by atoms with Gasteiger partial charge in [0.15, 0.2) is 0 Å². The van der Waals surface area contributed by atoms with Crippen LogP contribution in [-0.4, -0.2) is 13.1 Å². The number of fused-ring (bicyclic) bond motifs is 3. The molecule has 4 aromatic rings. The van der Waals surface area contributed by atoms with Crippen molar-refractivity contribution in [2.24, 2.45) is 0 Å². The normalized spacial score (nSPS) is 12.7. The Morgan fingerprint density at radius 1 is 0.629 bits per heavy atom. The summed E-state index contributed by atoms with van der Waals surface area (Å²) >= 11 is 0. The van der Waals surface area contributed by atoms with E-state index in [1.54, 1.807) is 12.1 Å². The van der Waals surface area contributed by atoms with Crippen molar-refractivity contribution in [2.45, 2.75) is 17.2 Å². The van der Waals surface area contributed by atoms with Gasteiger partial charge in [0.2, 0.25) is 0 Å². The molecule has 0 aliphatic heterocycles. The molecule has 0 radical (unpaired) electrons. The molecule has 0 fully saturated rings. The molecule has 35 heavy (non-hydrogen) atoms. The molecular formula is C22H11F6NO5S. The quantitative estimate of drug-likeness (QED) is 0.379. The molecule has 0 N–H and O–H groups in total. The van der Waals surface area contributed by atoms with Gasteiger partial charge in [0.1, 0.15) is 4.90 Å². The number of aromatic nitrogens is 1. The van der Waals surface area contributed by atoms with Gasteiger partial charge in [-0.2, -0.15) is 34.8 Å². The van der Waals surface area contributed by atoms with Gasteiger partial charge < -0.3 is 0 Å². The molecule has 0 saturated heterocycles. The van der Waals surface area contributed by atoms with Gasteiger partial charge in [0.05, 0.1) is 21.9 Å². The second kappa shape index (κ2) is 8.12. The van der Waals surface area contributed by atoms with E-state index in [1.807, 2.05) is 0 Å². The second-order valence-electron chi connectivity index (χ2n) is 7.27. The van der Waals surface area contributed by atoms with Crippen LogP contribution in [0.4, 0.5) is 26.3 Å². The van der Waals surface area contributed by atoms with Gasteiger partial charge in [0.25, 0.3) is 11.1 Å². The summed E-state index contributed by atoms with van der Waals surface area (Å²) in [6.07, 6.45) is -10.7. The Hall–Kier alpha value is -3.87. The van der Waals surface area contributed by atoms with E-state index < -0.39 is 49.6 Å². The fraction of sp³-hybridized carbons (Fsp3) is 0.0909. The Morgan fingerprint density at radius 3 is 1.37 bits per heavy atom. The third-order valence-corrected chi connectivity index (χ3v) is 6.15. The van der Waals surface area contributed by atoms with E-state index in [9.17, 15) is 44.3 Å². The van der Waals surface area contributed by atoms with E-state index in [2.05, 4.69) is 4.28 Å². The van der Waals surface area contributed by atoms with Crippen molar-refractivity contribution in [1.29, 1.82) is 0 Å². The van der Waals surface area contributed by atoms with E-state index in [0.717, 1.165) is 0 Å². The van der Waals surface area contributed by atoms with Gasteiger partial charge in [0, 0.05) is 0 Å². The molecule has 13 heteroatoms. The largest absolute Gasteiger partial charge is 0.416 e. The minimum Gasteiger partial charge on any atom is -0.277 e. The minimum absolute atomic E-state index is 0.0841. The number of hydrogen-bond acceptors (Lipinski definition) is 5. The Balaban J connectivity index is 2.01. The summed E-state index contributed by atoms with van der Waals surface area (Å²) in [4.78, 5) is 24.5. The number of benzene rings is 3. The van der Waals surface area contributed by atoms with Crippen LogP contribution >= 0.6 is 0 Å². The maximum atomic E-state index is 13.2. The van der Waals surface area contributed by atoms with E-state index in [4.69, 9.17) is 0 Å². The molecule has 1 heterocycles. The summed E-state index contributed by atoms with van der Waals surface area (Å²) in [5.74, 6) is 0. The van der Waals surface area contributed by atoms with Crippen LogP contribution in [0.15, 0.2) is 81.2 Å². The highest BCUT2D eigenvalue weighted by molar-refractivity contribution is 7.87. The van der Waals surface area contributed by atoms with Gasteiger partial charge in [-0.1, -0.05) is 41.1 Å². The van der Waals surface area contributed by atoms with Gasteiger partial charge in [-0.25, -0.2) is 0 Å². The lowest BCUT2D eigenvalue weighted by Gasteiger charge is -2.14.